The van der Waals surface area contributed by atoms with Crippen molar-refractivity contribution in [1.29, 1.82) is 0 Å². The summed E-state index contributed by atoms with van der Waals surface area (Å²) in [6, 6.07) is 0. The van der Waals surface area contributed by atoms with Crippen molar-refractivity contribution in [2.45, 2.75) is 27.2 Å². The van der Waals surface area contributed by atoms with E-state index >= 15 is 0 Å². The molecule has 1 heteroatoms. The lowest BCUT2D eigenvalue weighted by Gasteiger charge is -2.16. The highest BCUT2D eigenvalue weighted by Gasteiger charge is 2.12. The monoisotopic (exact) mass is 138 g/mol. The van der Waals surface area contributed by atoms with Crippen molar-refractivity contribution < 1.29 is 5.11 Å². The van der Waals surface area contributed by atoms with Gasteiger partial charge in [0, 0.05) is 6.42 Å². The SMILES string of the molecule is CC1=CC(C)CC(O)=C1C. The molecule has 1 unspecified atom stereocenters. The number of aliphatic hydroxyl groups excluding tert-OH is 1. The largest absolute Gasteiger partial charge is 0.512 e. The number of hydrogen-bond acceptors (Lipinski definition) is 1. The second-order valence-electron chi connectivity index (χ2n) is 3.10. The summed E-state index contributed by atoms with van der Waals surface area (Å²) in [6.45, 7) is 6.13. The van der Waals surface area contributed by atoms with Crippen LogP contribution in [0.1, 0.15) is 27.2 Å². The summed E-state index contributed by atoms with van der Waals surface area (Å²) >= 11 is 0. The average molecular weight is 138 g/mol. The van der Waals surface area contributed by atoms with Crippen LogP contribution in [-0.4, -0.2) is 5.11 Å². The van der Waals surface area contributed by atoms with Gasteiger partial charge in [-0.1, -0.05) is 13.0 Å². The van der Waals surface area contributed by atoms with Gasteiger partial charge in [0.2, 0.25) is 0 Å². The Labute approximate surface area is 62.1 Å². The molecule has 1 rings (SSSR count). The smallest absolute Gasteiger partial charge is 0.0959 e. The molecule has 0 fully saturated rings. The van der Waals surface area contributed by atoms with Crippen LogP contribution in [0, 0.1) is 5.92 Å². The third kappa shape index (κ3) is 1.23. The van der Waals surface area contributed by atoms with E-state index in [0.717, 1.165) is 12.0 Å². The van der Waals surface area contributed by atoms with Gasteiger partial charge in [-0.3, -0.25) is 0 Å². The quantitative estimate of drug-likeness (QED) is 0.545. The zero-order chi connectivity index (χ0) is 7.72. The van der Waals surface area contributed by atoms with Crippen molar-refractivity contribution >= 4 is 0 Å². The van der Waals surface area contributed by atoms with Crippen LogP contribution >= 0.6 is 0 Å². The van der Waals surface area contributed by atoms with Crippen LogP contribution in [0.25, 0.3) is 0 Å². The lowest BCUT2D eigenvalue weighted by atomic mass is 9.92. The molecule has 0 heterocycles. The van der Waals surface area contributed by atoms with Crippen LogP contribution in [0.4, 0.5) is 0 Å². The molecule has 0 spiro atoms. The number of rotatable bonds is 0. The molecule has 0 amide bonds. The third-order valence-corrected chi connectivity index (χ3v) is 2.07. The molecule has 1 N–H and O–H groups in total. The normalized spacial score (nSPS) is 26.7. The first-order chi connectivity index (χ1) is 4.61. The molecule has 0 saturated carbocycles. The molecule has 0 aromatic rings. The minimum atomic E-state index is 0.503. The highest BCUT2D eigenvalue weighted by molar-refractivity contribution is 5.33. The summed E-state index contributed by atoms with van der Waals surface area (Å²) in [5, 5.41) is 9.36. The summed E-state index contributed by atoms with van der Waals surface area (Å²) in [7, 11) is 0. The van der Waals surface area contributed by atoms with Gasteiger partial charge in [-0.15, -0.1) is 0 Å². The summed E-state index contributed by atoms with van der Waals surface area (Å²) in [5.74, 6) is 1.07. The predicted octanol–water partition coefficient (Wildman–Crippen LogP) is 2.80. The summed E-state index contributed by atoms with van der Waals surface area (Å²) in [5.41, 5.74) is 2.27. The van der Waals surface area contributed by atoms with E-state index in [0.29, 0.717) is 11.7 Å². The highest BCUT2D eigenvalue weighted by atomic mass is 16.3. The van der Waals surface area contributed by atoms with Gasteiger partial charge < -0.3 is 5.11 Å². The van der Waals surface area contributed by atoms with Crippen LogP contribution in [0.15, 0.2) is 23.0 Å². The van der Waals surface area contributed by atoms with Crippen LogP contribution in [0.5, 0.6) is 0 Å². The molecule has 0 aliphatic heterocycles. The van der Waals surface area contributed by atoms with Crippen LogP contribution in [0.3, 0.4) is 0 Å². The molecule has 0 radical (unpaired) electrons. The maximum Gasteiger partial charge on any atom is 0.0959 e. The van der Waals surface area contributed by atoms with Gasteiger partial charge >= 0.3 is 0 Å². The Morgan fingerprint density at radius 3 is 2.60 bits per heavy atom. The molecule has 1 aliphatic carbocycles. The Balaban J connectivity index is 2.90. The first-order valence-electron chi connectivity index (χ1n) is 3.68. The molecular weight excluding hydrogens is 124 g/mol. The lowest BCUT2D eigenvalue weighted by molar-refractivity contribution is 0.362. The van der Waals surface area contributed by atoms with Crippen molar-refractivity contribution in [3.63, 3.8) is 0 Å². The molecule has 1 aliphatic rings. The van der Waals surface area contributed by atoms with E-state index in [4.69, 9.17) is 0 Å². The van der Waals surface area contributed by atoms with E-state index in [1.807, 2.05) is 13.8 Å². The van der Waals surface area contributed by atoms with Gasteiger partial charge in [0.25, 0.3) is 0 Å². The number of aliphatic hydroxyl groups is 1. The van der Waals surface area contributed by atoms with Crippen molar-refractivity contribution in [2.75, 3.05) is 0 Å². The minimum Gasteiger partial charge on any atom is -0.512 e. The van der Waals surface area contributed by atoms with Crippen molar-refractivity contribution in [1.82, 2.24) is 0 Å². The molecule has 1 nitrogen and oxygen atoms in total. The van der Waals surface area contributed by atoms with Gasteiger partial charge in [0.05, 0.1) is 5.76 Å². The maximum atomic E-state index is 9.36. The average Bonchev–Trinajstić information content (AvgIpc) is 1.82. The van der Waals surface area contributed by atoms with Gasteiger partial charge in [0.1, 0.15) is 0 Å². The van der Waals surface area contributed by atoms with Gasteiger partial charge in [-0.25, -0.2) is 0 Å². The third-order valence-electron chi connectivity index (χ3n) is 2.07. The highest BCUT2D eigenvalue weighted by Crippen LogP contribution is 2.25. The molecule has 0 aromatic heterocycles. The first-order valence-corrected chi connectivity index (χ1v) is 3.68. The molecule has 0 aromatic carbocycles. The predicted molar refractivity (Wildman–Crippen MR) is 42.9 cm³/mol. The van der Waals surface area contributed by atoms with Crippen LogP contribution < -0.4 is 0 Å². The Kier molecular flexibility index (Phi) is 1.84. The molecule has 0 saturated heterocycles. The van der Waals surface area contributed by atoms with Gasteiger partial charge in [0.15, 0.2) is 0 Å². The number of allylic oxidation sites excluding steroid dienone is 4. The Morgan fingerprint density at radius 2 is 2.10 bits per heavy atom. The zero-order valence-electron chi connectivity index (χ0n) is 6.81. The van der Waals surface area contributed by atoms with Crippen LogP contribution in [-0.2, 0) is 0 Å². The van der Waals surface area contributed by atoms with E-state index in [2.05, 4.69) is 13.0 Å². The fourth-order valence-electron chi connectivity index (χ4n) is 1.30. The van der Waals surface area contributed by atoms with E-state index in [-0.39, 0.29) is 0 Å². The van der Waals surface area contributed by atoms with Gasteiger partial charge in [-0.2, -0.15) is 0 Å². The van der Waals surface area contributed by atoms with E-state index < -0.39 is 0 Å². The van der Waals surface area contributed by atoms with Crippen LogP contribution in [0.2, 0.25) is 0 Å². The zero-order valence-corrected chi connectivity index (χ0v) is 6.81. The van der Waals surface area contributed by atoms with Gasteiger partial charge in [-0.05, 0) is 30.9 Å². The lowest BCUT2D eigenvalue weighted by Crippen LogP contribution is -2.03. The Morgan fingerprint density at radius 1 is 1.50 bits per heavy atom. The summed E-state index contributed by atoms with van der Waals surface area (Å²) < 4.78 is 0. The topological polar surface area (TPSA) is 20.2 Å². The molecule has 0 bridgehead atoms. The number of hydrogen-bond donors (Lipinski definition) is 1. The second kappa shape index (κ2) is 2.49. The standard InChI is InChI=1S/C9H14O/c1-6-4-7(2)8(3)9(10)5-6/h4,6,10H,5H2,1-3H3. The van der Waals surface area contributed by atoms with E-state index in [9.17, 15) is 5.11 Å². The van der Waals surface area contributed by atoms with Crippen molar-refractivity contribution in [3.8, 4) is 0 Å². The fraction of sp³-hybridized carbons (Fsp3) is 0.556. The maximum absolute atomic E-state index is 9.36. The van der Waals surface area contributed by atoms with Crippen molar-refractivity contribution in [2.24, 2.45) is 5.92 Å². The Bertz CT molecular complexity index is 199. The molecular formula is C9H14O. The molecule has 10 heavy (non-hydrogen) atoms. The second-order valence-corrected chi connectivity index (χ2v) is 3.10. The Hall–Kier alpha value is -0.720. The van der Waals surface area contributed by atoms with E-state index in [1.165, 1.54) is 5.57 Å². The van der Waals surface area contributed by atoms with E-state index in [1.54, 1.807) is 0 Å². The summed E-state index contributed by atoms with van der Waals surface area (Å²) in [4.78, 5) is 0. The molecule has 1 atom stereocenters. The minimum absolute atomic E-state index is 0.503. The summed E-state index contributed by atoms with van der Waals surface area (Å²) in [6.07, 6.45) is 3.01. The first kappa shape index (κ1) is 7.39. The fourth-order valence-corrected chi connectivity index (χ4v) is 1.30. The van der Waals surface area contributed by atoms with Crippen molar-refractivity contribution in [3.05, 3.63) is 23.0 Å². The molecule has 56 valence electrons.